The highest BCUT2D eigenvalue weighted by atomic mass is 19.1. The number of aryl methyl sites for hydroxylation is 2. The van der Waals surface area contributed by atoms with E-state index in [1.54, 1.807) is 30.8 Å². The highest BCUT2D eigenvalue weighted by Crippen LogP contribution is 2.43. The fourth-order valence-electron chi connectivity index (χ4n) is 6.18. The molecule has 1 fully saturated rings. The summed E-state index contributed by atoms with van der Waals surface area (Å²) in [5, 5.41) is 13.0. The summed E-state index contributed by atoms with van der Waals surface area (Å²) < 4.78 is 26.4. The maximum absolute atomic E-state index is 16.9. The Bertz CT molecular complexity index is 1740. The van der Waals surface area contributed by atoms with Crippen molar-refractivity contribution in [2.45, 2.75) is 45.2 Å². The van der Waals surface area contributed by atoms with Gasteiger partial charge in [0.15, 0.2) is 5.82 Å². The SMILES string of the molecule is Cc1nnn(C)c1-c1cnc2c3ccc(C(C)(C)N=[N+]=[N-])c(F)c3n(C(c3ccccc3)C3CCOCC3)c2c1. The van der Waals surface area contributed by atoms with E-state index < -0.39 is 11.4 Å². The molecule has 0 aliphatic carbocycles. The van der Waals surface area contributed by atoms with Gasteiger partial charge in [-0.2, -0.15) is 0 Å². The topological polar surface area (TPSA) is 107 Å². The zero-order chi connectivity index (χ0) is 28.0. The first-order chi connectivity index (χ1) is 19.3. The first-order valence-corrected chi connectivity index (χ1v) is 13.5. The number of nitrogens with zero attached hydrogens (tertiary/aromatic N) is 8. The van der Waals surface area contributed by atoms with Gasteiger partial charge in [-0.05, 0) is 42.8 Å². The van der Waals surface area contributed by atoms with Crippen LogP contribution in [-0.4, -0.2) is 37.8 Å². The van der Waals surface area contributed by atoms with E-state index in [0.717, 1.165) is 40.9 Å². The van der Waals surface area contributed by atoms with E-state index in [1.807, 2.05) is 38.2 Å². The average Bonchev–Trinajstić information content (AvgIpc) is 3.46. The molecule has 1 aliphatic rings. The van der Waals surface area contributed by atoms with Crippen molar-refractivity contribution in [2.24, 2.45) is 18.1 Å². The zero-order valence-electron chi connectivity index (χ0n) is 23.0. The first-order valence-electron chi connectivity index (χ1n) is 13.5. The normalized spacial score (nSPS) is 15.4. The van der Waals surface area contributed by atoms with Crippen molar-refractivity contribution in [1.29, 1.82) is 0 Å². The van der Waals surface area contributed by atoms with E-state index in [1.165, 1.54) is 0 Å². The standard InChI is InChI=1S/C30H31FN8O/c1-18-27(38(4)37-34-18)21-16-24-26(33-17-21)22-10-11-23(30(2,3)35-36-32)25(31)29(22)39(24)28(19-8-6-5-7-9-19)20-12-14-40-15-13-20/h5-11,16-17,20,28H,12-15H2,1-4H3. The Morgan fingerprint density at radius 2 is 1.90 bits per heavy atom. The molecular formula is C30H31FN8O. The van der Waals surface area contributed by atoms with Crippen LogP contribution in [-0.2, 0) is 17.3 Å². The van der Waals surface area contributed by atoms with Crippen LogP contribution >= 0.6 is 0 Å². The summed E-state index contributed by atoms with van der Waals surface area (Å²) in [6.45, 7) is 6.69. The summed E-state index contributed by atoms with van der Waals surface area (Å²) in [5.74, 6) is -0.187. The lowest BCUT2D eigenvalue weighted by Crippen LogP contribution is -2.27. The molecule has 10 heteroatoms. The van der Waals surface area contributed by atoms with E-state index in [-0.39, 0.29) is 12.0 Å². The summed E-state index contributed by atoms with van der Waals surface area (Å²) in [6, 6.07) is 15.8. The molecule has 1 aliphatic heterocycles. The van der Waals surface area contributed by atoms with Crippen LogP contribution < -0.4 is 0 Å². The average molecular weight is 539 g/mol. The number of halogens is 1. The quantitative estimate of drug-likeness (QED) is 0.132. The second-order valence-corrected chi connectivity index (χ2v) is 11.0. The van der Waals surface area contributed by atoms with Crippen molar-refractivity contribution in [2.75, 3.05) is 13.2 Å². The second kappa shape index (κ2) is 10.0. The van der Waals surface area contributed by atoms with Gasteiger partial charge in [-0.1, -0.05) is 66.6 Å². The molecule has 3 aromatic heterocycles. The molecule has 4 heterocycles. The van der Waals surface area contributed by atoms with Gasteiger partial charge in [0.1, 0.15) is 0 Å². The summed E-state index contributed by atoms with van der Waals surface area (Å²) in [6.07, 6.45) is 3.51. The number of benzene rings is 2. The number of hydrogen-bond donors (Lipinski definition) is 0. The Balaban J connectivity index is 1.73. The Hall–Kier alpha value is -4.27. The minimum Gasteiger partial charge on any atom is -0.381 e. The number of fused-ring (bicyclic) bond motifs is 3. The molecule has 204 valence electrons. The largest absolute Gasteiger partial charge is 0.381 e. The zero-order valence-corrected chi connectivity index (χ0v) is 23.0. The molecule has 1 saturated heterocycles. The molecule has 2 aromatic carbocycles. The van der Waals surface area contributed by atoms with Crippen LogP contribution in [0.2, 0.25) is 0 Å². The summed E-state index contributed by atoms with van der Waals surface area (Å²) in [5.41, 5.74) is 14.1. The second-order valence-electron chi connectivity index (χ2n) is 11.0. The molecule has 0 N–H and O–H groups in total. The Kier molecular flexibility index (Phi) is 6.52. The predicted molar refractivity (Wildman–Crippen MR) is 152 cm³/mol. The lowest BCUT2D eigenvalue weighted by molar-refractivity contribution is 0.0552. The van der Waals surface area contributed by atoms with Gasteiger partial charge in [0, 0.05) is 47.9 Å². The van der Waals surface area contributed by atoms with Crippen LogP contribution in [0, 0.1) is 18.7 Å². The van der Waals surface area contributed by atoms with Crippen LogP contribution in [0.5, 0.6) is 0 Å². The fraction of sp³-hybridized carbons (Fsp3) is 0.367. The first kappa shape index (κ1) is 26.0. The van der Waals surface area contributed by atoms with Crippen molar-refractivity contribution in [1.82, 2.24) is 24.5 Å². The highest BCUT2D eigenvalue weighted by molar-refractivity contribution is 6.07. The molecule has 0 bridgehead atoms. The van der Waals surface area contributed by atoms with E-state index in [9.17, 15) is 5.53 Å². The van der Waals surface area contributed by atoms with Crippen molar-refractivity contribution in [3.8, 4) is 11.3 Å². The van der Waals surface area contributed by atoms with E-state index in [4.69, 9.17) is 9.72 Å². The van der Waals surface area contributed by atoms with Crippen molar-refractivity contribution in [3.63, 3.8) is 0 Å². The smallest absolute Gasteiger partial charge is 0.151 e. The van der Waals surface area contributed by atoms with Crippen molar-refractivity contribution in [3.05, 3.63) is 87.8 Å². The van der Waals surface area contributed by atoms with Crippen LogP contribution in [0.1, 0.15) is 49.6 Å². The molecule has 0 saturated carbocycles. The monoisotopic (exact) mass is 538 g/mol. The van der Waals surface area contributed by atoms with Gasteiger partial charge in [0.05, 0.1) is 39.5 Å². The molecule has 40 heavy (non-hydrogen) atoms. The van der Waals surface area contributed by atoms with Crippen LogP contribution in [0.15, 0.2) is 59.8 Å². The molecule has 0 amide bonds. The van der Waals surface area contributed by atoms with E-state index >= 15 is 4.39 Å². The minimum absolute atomic E-state index is 0.166. The third-order valence-electron chi connectivity index (χ3n) is 8.09. The predicted octanol–water partition coefficient (Wildman–Crippen LogP) is 6.99. The molecule has 0 radical (unpaired) electrons. The van der Waals surface area contributed by atoms with Gasteiger partial charge >= 0.3 is 0 Å². The number of ether oxygens (including phenoxy) is 1. The maximum atomic E-state index is 16.9. The van der Waals surface area contributed by atoms with Gasteiger partial charge in [-0.25, -0.2) is 9.07 Å². The third kappa shape index (κ3) is 4.20. The molecule has 1 atom stereocenters. The Morgan fingerprint density at radius 3 is 2.58 bits per heavy atom. The van der Waals surface area contributed by atoms with Gasteiger partial charge in [0.25, 0.3) is 0 Å². The van der Waals surface area contributed by atoms with Crippen LogP contribution in [0.3, 0.4) is 0 Å². The molecule has 0 spiro atoms. The van der Waals surface area contributed by atoms with Crippen molar-refractivity contribution < 1.29 is 9.13 Å². The molecule has 9 nitrogen and oxygen atoms in total. The van der Waals surface area contributed by atoms with Crippen molar-refractivity contribution >= 4 is 21.9 Å². The van der Waals surface area contributed by atoms with Gasteiger partial charge < -0.3 is 9.30 Å². The summed E-state index contributed by atoms with van der Waals surface area (Å²) in [4.78, 5) is 7.89. The molecule has 5 aromatic rings. The number of azide groups is 1. The summed E-state index contributed by atoms with van der Waals surface area (Å²) in [7, 11) is 1.85. The van der Waals surface area contributed by atoms with E-state index in [2.05, 4.69) is 43.1 Å². The lowest BCUT2D eigenvalue weighted by Gasteiger charge is -2.33. The van der Waals surface area contributed by atoms with Crippen LogP contribution in [0.4, 0.5) is 4.39 Å². The molecular weight excluding hydrogens is 507 g/mol. The minimum atomic E-state index is -1.08. The van der Waals surface area contributed by atoms with Gasteiger partial charge in [-0.15, -0.1) is 5.10 Å². The highest BCUT2D eigenvalue weighted by Gasteiger charge is 2.33. The van der Waals surface area contributed by atoms with Crippen LogP contribution in [0.25, 0.3) is 43.6 Å². The van der Waals surface area contributed by atoms with Gasteiger partial charge in [-0.3, -0.25) is 4.98 Å². The van der Waals surface area contributed by atoms with Gasteiger partial charge in [0.2, 0.25) is 0 Å². The van der Waals surface area contributed by atoms with E-state index in [0.29, 0.717) is 35.2 Å². The Labute approximate surface area is 231 Å². The maximum Gasteiger partial charge on any atom is 0.151 e. The lowest BCUT2D eigenvalue weighted by atomic mass is 9.86. The Morgan fingerprint density at radius 1 is 1.15 bits per heavy atom. The number of pyridine rings is 1. The molecule has 1 unspecified atom stereocenters. The summed E-state index contributed by atoms with van der Waals surface area (Å²) >= 11 is 0. The third-order valence-corrected chi connectivity index (χ3v) is 8.09. The number of hydrogen-bond acceptors (Lipinski definition) is 5. The number of rotatable bonds is 6. The fourth-order valence-corrected chi connectivity index (χ4v) is 6.18. The number of aromatic nitrogens is 5. The molecule has 6 rings (SSSR count).